The van der Waals surface area contributed by atoms with E-state index in [4.69, 9.17) is 11.6 Å². The van der Waals surface area contributed by atoms with Crippen molar-refractivity contribution in [1.29, 1.82) is 0 Å². The molecule has 0 aromatic heterocycles. The summed E-state index contributed by atoms with van der Waals surface area (Å²) in [5, 5.41) is 3.39. The Morgan fingerprint density at radius 2 is 1.83 bits per heavy atom. The van der Waals surface area contributed by atoms with Crippen molar-refractivity contribution in [2.75, 3.05) is 18.0 Å². The van der Waals surface area contributed by atoms with Crippen LogP contribution >= 0.6 is 11.6 Å². The number of carbonyl (C=O) groups is 2. The number of hydrogen-bond acceptors (Lipinski definition) is 2. The standard InChI is InChI=1S/C19H21ClN2O2/c1-14-8-9-17(20)12-18(14)22(15(2)23)13-19(24)21-11-10-16-6-4-3-5-7-16/h3-9,12H,10-11,13H2,1-2H3,(H,21,24). The minimum Gasteiger partial charge on any atom is -0.354 e. The SMILES string of the molecule is CC(=O)N(CC(=O)NCCc1ccccc1)c1cc(Cl)ccc1C. The number of aryl methyl sites for hydroxylation is 1. The van der Waals surface area contributed by atoms with Gasteiger partial charge in [0.05, 0.1) is 0 Å². The van der Waals surface area contributed by atoms with E-state index in [2.05, 4.69) is 5.32 Å². The van der Waals surface area contributed by atoms with Gasteiger partial charge in [-0.05, 0) is 36.6 Å². The maximum absolute atomic E-state index is 12.2. The van der Waals surface area contributed by atoms with Crippen molar-refractivity contribution in [3.8, 4) is 0 Å². The Morgan fingerprint density at radius 3 is 2.50 bits per heavy atom. The first-order chi connectivity index (χ1) is 11.5. The highest BCUT2D eigenvalue weighted by Crippen LogP contribution is 2.24. The van der Waals surface area contributed by atoms with Crippen LogP contribution < -0.4 is 10.2 Å². The average Bonchev–Trinajstić information content (AvgIpc) is 2.56. The molecule has 2 amide bonds. The molecule has 4 nitrogen and oxygen atoms in total. The molecule has 0 saturated carbocycles. The Kier molecular flexibility index (Phi) is 6.38. The van der Waals surface area contributed by atoms with Gasteiger partial charge in [-0.2, -0.15) is 0 Å². The second kappa shape index (κ2) is 8.50. The molecule has 0 heterocycles. The zero-order chi connectivity index (χ0) is 17.5. The molecular formula is C19H21ClN2O2. The summed E-state index contributed by atoms with van der Waals surface area (Å²) in [6.45, 7) is 3.83. The Morgan fingerprint density at radius 1 is 1.12 bits per heavy atom. The van der Waals surface area contributed by atoms with Gasteiger partial charge in [0.15, 0.2) is 0 Å². The van der Waals surface area contributed by atoms with Gasteiger partial charge in [-0.1, -0.05) is 48.0 Å². The van der Waals surface area contributed by atoms with Crippen LogP contribution in [0, 0.1) is 6.92 Å². The molecule has 0 saturated heterocycles. The van der Waals surface area contributed by atoms with Crippen LogP contribution in [0.15, 0.2) is 48.5 Å². The second-order valence-corrected chi connectivity index (χ2v) is 6.06. The van der Waals surface area contributed by atoms with E-state index < -0.39 is 0 Å². The fourth-order valence-corrected chi connectivity index (χ4v) is 2.60. The molecular weight excluding hydrogens is 324 g/mol. The lowest BCUT2D eigenvalue weighted by Crippen LogP contribution is -2.40. The molecule has 126 valence electrons. The summed E-state index contributed by atoms with van der Waals surface area (Å²) in [5.41, 5.74) is 2.71. The number of rotatable bonds is 6. The smallest absolute Gasteiger partial charge is 0.240 e. The van der Waals surface area contributed by atoms with E-state index in [0.717, 1.165) is 17.5 Å². The Hall–Kier alpha value is -2.33. The Balaban J connectivity index is 1.96. The molecule has 0 aliphatic carbocycles. The highest BCUT2D eigenvalue weighted by atomic mass is 35.5. The molecule has 0 aliphatic rings. The van der Waals surface area contributed by atoms with Gasteiger partial charge in [-0.3, -0.25) is 9.59 Å². The zero-order valence-corrected chi connectivity index (χ0v) is 14.6. The number of hydrogen-bond donors (Lipinski definition) is 1. The normalized spacial score (nSPS) is 10.3. The number of nitrogens with zero attached hydrogens (tertiary/aromatic N) is 1. The molecule has 1 N–H and O–H groups in total. The summed E-state index contributed by atoms with van der Waals surface area (Å²) in [4.78, 5) is 25.6. The maximum Gasteiger partial charge on any atom is 0.240 e. The number of amides is 2. The molecule has 0 atom stereocenters. The molecule has 2 aromatic rings. The summed E-state index contributed by atoms with van der Waals surface area (Å²) in [6, 6.07) is 15.2. The monoisotopic (exact) mass is 344 g/mol. The van der Waals surface area contributed by atoms with Crippen molar-refractivity contribution in [1.82, 2.24) is 5.32 Å². The summed E-state index contributed by atoms with van der Waals surface area (Å²) >= 11 is 6.02. The first kappa shape index (κ1) is 18.0. The molecule has 0 aliphatic heterocycles. The third-order valence-electron chi connectivity index (χ3n) is 3.72. The third kappa shape index (κ3) is 5.10. The van der Waals surface area contributed by atoms with Crippen LogP contribution in [0.3, 0.4) is 0 Å². The third-order valence-corrected chi connectivity index (χ3v) is 3.96. The van der Waals surface area contributed by atoms with Crippen LogP contribution in [0.4, 0.5) is 5.69 Å². The molecule has 0 bridgehead atoms. The van der Waals surface area contributed by atoms with Crippen molar-refractivity contribution in [3.63, 3.8) is 0 Å². The molecule has 0 fully saturated rings. The summed E-state index contributed by atoms with van der Waals surface area (Å²) in [6.07, 6.45) is 0.753. The van der Waals surface area contributed by atoms with Crippen LogP contribution in [-0.2, 0) is 16.0 Å². The topological polar surface area (TPSA) is 49.4 Å². The van der Waals surface area contributed by atoms with Crippen molar-refractivity contribution in [3.05, 3.63) is 64.7 Å². The van der Waals surface area contributed by atoms with Crippen LogP contribution in [0.25, 0.3) is 0 Å². The largest absolute Gasteiger partial charge is 0.354 e. The van der Waals surface area contributed by atoms with E-state index >= 15 is 0 Å². The molecule has 24 heavy (non-hydrogen) atoms. The maximum atomic E-state index is 12.2. The van der Waals surface area contributed by atoms with Gasteiger partial charge >= 0.3 is 0 Å². The van der Waals surface area contributed by atoms with E-state index in [1.54, 1.807) is 12.1 Å². The van der Waals surface area contributed by atoms with Gasteiger partial charge < -0.3 is 10.2 Å². The van der Waals surface area contributed by atoms with Crippen LogP contribution in [-0.4, -0.2) is 24.9 Å². The summed E-state index contributed by atoms with van der Waals surface area (Å²) in [5.74, 6) is -0.390. The van der Waals surface area contributed by atoms with Gasteiger partial charge in [0.25, 0.3) is 0 Å². The van der Waals surface area contributed by atoms with Crippen LogP contribution in [0.1, 0.15) is 18.1 Å². The second-order valence-electron chi connectivity index (χ2n) is 5.62. The predicted octanol–water partition coefficient (Wildman–Crippen LogP) is 3.36. The van der Waals surface area contributed by atoms with E-state index in [1.165, 1.54) is 11.8 Å². The van der Waals surface area contributed by atoms with Gasteiger partial charge in [0.1, 0.15) is 6.54 Å². The molecule has 2 rings (SSSR count). The lowest BCUT2D eigenvalue weighted by Gasteiger charge is -2.23. The number of nitrogens with one attached hydrogen (secondary N) is 1. The van der Waals surface area contributed by atoms with Crippen LogP contribution in [0.2, 0.25) is 5.02 Å². The van der Waals surface area contributed by atoms with Gasteiger partial charge in [-0.25, -0.2) is 0 Å². The van der Waals surface area contributed by atoms with Gasteiger partial charge in [-0.15, -0.1) is 0 Å². The number of benzene rings is 2. The van der Waals surface area contributed by atoms with E-state index in [0.29, 0.717) is 17.3 Å². The first-order valence-corrected chi connectivity index (χ1v) is 8.20. The Labute approximate surface area is 147 Å². The summed E-state index contributed by atoms with van der Waals surface area (Å²) < 4.78 is 0. The first-order valence-electron chi connectivity index (χ1n) is 7.82. The highest BCUT2D eigenvalue weighted by Gasteiger charge is 2.17. The fourth-order valence-electron chi connectivity index (χ4n) is 2.43. The lowest BCUT2D eigenvalue weighted by atomic mass is 10.1. The highest BCUT2D eigenvalue weighted by molar-refractivity contribution is 6.31. The minimum atomic E-state index is -0.196. The predicted molar refractivity (Wildman–Crippen MR) is 97.4 cm³/mol. The van der Waals surface area contributed by atoms with Crippen molar-refractivity contribution >= 4 is 29.1 Å². The van der Waals surface area contributed by atoms with Gasteiger partial charge in [0, 0.05) is 24.2 Å². The fraction of sp³-hybridized carbons (Fsp3) is 0.263. The molecule has 0 unspecified atom stereocenters. The molecule has 0 spiro atoms. The minimum absolute atomic E-state index is 0.0225. The number of halogens is 1. The lowest BCUT2D eigenvalue weighted by molar-refractivity contribution is -0.123. The van der Waals surface area contributed by atoms with E-state index in [9.17, 15) is 9.59 Å². The molecule has 0 radical (unpaired) electrons. The van der Waals surface area contributed by atoms with Gasteiger partial charge in [0.2, 0.25) is 11.8 Å². The average molecular weight is 345 g/mol. The van der Waals surface area contributed by atoms with Crippen molar-refractivity contribution < 1.29 is 9.59 Å². The van der Waals surface area contributed by atoms with Crippen LogP contribution in [0.5, 0.6) is 0 Å². The summed E-state index contributed by atoms with van der Waals surface area (Å²) in [7, 11) is 0. The van der Waals surface area contributed by atoms with E-state index in [-0.39, 0.29) is 18.4 Å². The molecule has 2 aromatic carbocycles. The van der Waals surface area contributed by atoms with Crippen molar-refractivity contribution in [2.24, 2.45) is 0 Å². The van der Waals surface area contributed by atoms with Crippen molar-refractivity contribution in [2.45, 2.75) is 20.3 Å². The molecule has 5 heteroatoms. The quantitative estimate of drug-likeness (QED) is 0.873. The Bertz CT molecular complexity index is 717. The number of anilines is 1. The van der Waals surface area contributed by atoms with E-state index in [1.807, 2.05) is 43.3 Å². The number of carbonyl (C=O) groups excluding carboxylic acids is 2. The zero-order valence-electron chi connectivity index (χ0n) is 13.9.